The van der Waals surface area contributed by atoms with Crippen molar-refractivity contribution in [3.8, 4) is 0 Å². The third kappa shape index (κ3) is 3.80. The van der Waals surface area contributed by atoms with Crippen LogP contribution in [0.4, 0.5) is 0 Å². The van der Waals surface area contributed by atoms with Gasteiger partial charge in [-0.2, -0.15) is 0 Å². The number of nitrogens with zero attached hydrogens (tertiary/aromatic N) is 2. The first-order chi connectivity index (χ1) is 14.4. The summed E-state index contributed by atoms with van der Waals surface area (Å²) >= 11 is 12.5. The summed E-state index contributed by atoms with van der Waals surface area (Å²) in [6, 6.07) is 11.4. The fourth-order valence-electron chi connectivity index (χ4n) is 4.13. The van der Waals surface area contributed by atoms with Gasteiger partial charge in [-0.15, -0.1) is 0 Å². The molecule has 7 heteroatoms. The third-order valence-electron chi connectivity index (χ3n) is 5.79. The second kappa shape index (κ2) is 8.32. The number of nitrogens with one attached hydrogen (secondary N) is 1. The van der Waals surface area contributed by atoms with Crippen LogP contribution in [-0.4, -0.2) is 33.4 Å². The van der Waals surface area contributed by atoms with E-state index in [1.807, 2.05) is 52.8 Å². The Kier molecular flexibility index (Phi) is 5.76. The highest BCUT2D eigenvalue weighted by Crippen LogP contribution is 2.31. The van der Waals surface area contributed by atoms with Crippen molar-refractivity contribution in [3.63, 3.8) is 0 Å². The number of aryl methyl sites for hydroxylation is 1. The van der Waals surface area contributed by atoms with Crippen molar-refractivity contribution in [2.24, 2.45) is 0 Å². The zero-order chi connectivity index (χ0) is 21.4. The van der Waals surface area contributed by atoms with Crippen LogP contribution in [0.2, 0.25) is 10.0 Å². The van der Waals surface area contributed by atoms with Gasteiger partial charge in [0.1, 0.15) is 0 Å². The van der Waals surface area contributed by atoms with Crippen molar-refractivity contribution < 1.29 is 4.79 Å². The van der Waals surface area contributed by atoms with Gasteiger partial charge in [0.15, 0.2) is 0 Å². The lowest BCUT2D eigenvalue weighted by Gasteiger charge is -2.32. The minimum absolute atomic E-state index is 0.0184. The molecule has 0 unspecified atom stereocenters. The van der Waals surface area contributed by atoms with Gasteiger partial charge in [-0.25, -0.2) is 4.79 Å². The number of para-hydroxylation sites is 2. The maximum Gasteiger partial charge on any atom is 0.326 e. The Morgan fingerprint density at radius 2 is 1.83 bits per heavy atom. The van der Waals surface area contributed by atoms with Gasteiger partial charge in [-0.1, -0.05) is 41.4 Å². The van der Waals surface area contributed by atoms with Gasteiger partial charge in [0.25, 0.3) is 0 Å². The molecule has 0 spiro atoms. The van der Waals surface area contributed by atoms with Crippen molar-refractivity contribution in [2.75, 3.05) is 13.1 Å². The average Bonchev–Trinajstić information content (AvgIpc) is 3.09. The van der Waals surface area contributed by atoms with Crippen LogP contribution in [0.15, 0.2) is 46.8 Å². The van der Waals surface area contributed by atoms with E-state index in [0.717, 1.165) is 35.0 Å². The Hall–Kier alpha value is -2.50. The molecule has 156 valence electrons. The molecular weight excluding hydrogens is 421 g/mol. The summed E-state index contributed by atoms with van der Waals surface area (Å²) in [5, 5.41) is 0.931. The topological polar surface area (TPSA) is 58.1 Å². The van der Waals surface area contributed by atoms with Crippen molar-refractivity contribution in [3.05, 3.63) is 73.6 Å². The zero-order valence-corrected chi connectivity index (χ0v) is 18.4. The van der Waals surface area contributed by atoms with E-state index in [0.29, 0.717) is 28.7 Å². The second-order valence-electron chi connectivity index (χ2n) is 7.76. The van der Waals surface area contributed by atoms with Gasteiger partial charge in [-0.3, -0.25) is 9.36 Å². The number of rotatable bonds is 3. The van der Waals surface area contributed by atoms with Crippen molar-refractivity contribution >= 4 is 46.2 Å². The molecule has 5 nitrogen and oxygen atoms in total. The van der Waals surface area contributed by atoms with E-state index < -0.39 is 0 Å². The molecule has 4 rings (SSSR count). The van der Waals surface area contributed by atoms with E-state index >= 15 is 0 Å². The first-order valence-corrected chi connectivity index (χ1v) is 10.7. The number of imidazole rings is 1. The maximum atomic E-state index is 13.0. The Bertz CT molecular complexity index is 1200. The number of H-pyrrole nitrogens is 1. The van der Waals surface area contributed by atoms with Crippen LogP contribution in [0.3, 0.4) is 0 Å². The molecule has 0 aliphatic carbocycles. The van der Waals surface area contributed by atoms with Gasteiger partial charge in [0, 0.05) is 24.7 Å². The minimum Gasteiger partial charge on any atom is -0.339 e. The summed E-state index contributed by atoms with van der Waals surface area (Å²) in [4.78, 5) is 30.2. The minimum atomic E-state index is -0.0943. The number of halogens is 2. The highest BCUT2D eigenvalue weighted by atomic mass is 35.5. The van der Waals surface area contributed by atoms with Crippen LogP contribution >= 0.6 is 23.2 Å². The van der Waals surface area contributed by atoms with Crippen LogP contribution in [0, 0.1) is 6.92 Å². The van der Waals surface area contributed by atoms with Gasteiger partial charge < -0.3 is 9.88 Å². The molecule has 1 N–H and O–H groups in total. The number of piperidine rings is 1. The number of fused-ring (bicyclic) bond motifs is 1. The molecule has 2 aromatic carbocycles. The van der Waals surface area contributed by atoms with E-state index in [2.05, 4.69) is 4.98 Å². The van der Waals surface area contributed by atoms with Gasteiger partial charge in [-0.05, 0) is 62.1 Å². The number of aromatic amines is 1. The first kappa shape index (κ1) is 20.8. The molecule has 0 radical (unpaired) electrons. The molecule has 30 heavy (non-hydrogen) atoms. The van der Waals surface area contributed by atoms with Gasteiger partial charge in [0.2, 0.25) is 5.91 Å². The molecule has 1 aliphatic rings. The number of carbonyl (C=O) groups excluding carboxylic acids is 1. The summed E-state index contributed by atoms with van der Waals surface area (Å²) in [7, 11) is 0. The molecule has 3 aromatic rings. The lowest BCUT2D eigenvalue weighted by atomic mass is 10.0. The first-order valence-electron chi connectivity index (χ1n) is 9.98. The molecule has 1 amide bonds. The number of carbonyl (C=O) groups is 1. The molecule has 0 atom stereocenters. The summed E-state index contributed by atoms with van der Waals surface area (Å²) in [5.41, 5.74) is 4.01. The monoisotopic (exact) mass is 443 g/mol. The van der Waals surface area contributed by atoms with Crippen LogP contribution in [0.1, 0.15) is 36.9 Å². The quantitative estimate of drug-likeness (QED) is 0.564. The summed E-state index contributed by atoms with van der Waals surface area (Å²) in [6.45, 7) is 4.94. The third-order valence-corrected chi connectivity index (χ3v) is 6.61. The van der Waals surface area contributed by atoms with E-state index in [9.17, 15) is 9.59 Å². The second-order valence-corrected chi connectivity index (χ2v) is 8.55. The normalized spacial score (nSPS) is 15.7. The predicted molar refractivity (Wildman–Crippen MR) is 122 cm³/mol. The van der Waals surface area contributed by atoms with Crippen LogP contribution in [0.5, 0.6) is 0 Å². The standard InChI is InChI=1S/C23H23Cl2N3O2/c1-14-7-8-18(24)21(25)17(14)13-15(2)22(29)27-11-9-16(10-12-27)28-20-6-4-3-5-19(20)26-23(28)30/h3-8,13,16H,9-12H2,1-2H3,(H,26,30)/b15-13+. The zero-order valence-electron chi connectivity index (χ0n) is 16.9. The van der Waals surface area contributed by atoms with E-state index in [1.165, 1.54) is 0 Å². The number of amides is 1. The molecule has 1 fully saturated rings. The van der Waals surface area contributed by atoms with E-state index in [-0.39, 0.29) is 17.6 Å². The molecule has 0 bridgehead atoms. The van der Waals surface area contributed by atoms with Crippen LogP contribution in [-0.2, 0) is 4.79 Å². The van der Waals surface area contributed by atoms with Crippen molar-refractivity contribution in [1.82, 2.24) is 14.5 Å². The summed E-state index contributed by atoms with van der Waals surface area (Å²) < 4.78 is 1.83. The Labute approximate surface area is 184 Å². The SMILES string of the molecule is C/C(=C\c1c(C)ccc(Cl)c1Cl)C(=O)N1CCC(n2c(=O)[nH]c3ccccc32)CC1. The molecule has 1 saturated heterocycles. The number of hydrogen-bond acceptors (Lipinski definition) is 2. The van der Waals surface area contributed by atoms with Crippen LogP contribution < -0.4 is 5.69 Å². The average molecular weight is 444 g/mol. The maximum absolute atomic E-state index is 13.0. The summed E-state index contributed by atoms with van der Waals surface area (Å²) in [6.07, 6.45) is 3.28. The highest BCUT2D eigenvalue weighted by molar-refractivity contribution is 6.43. The smallest absolute Gasteiger partial charge is 0.326 e. The molecule has 2 heterocycles. The Morgan fingerprint density at radius 1 is 1.13 bits per heavy atom. The summed E-state index contributed by atoms with van der Waals surface area (Å²) in [5.74, 6) is -0.0184. The van der Waals surface area contributed by atoms with E-state index in [1.54, 1.807) is 13.0 Å². The molecule has 0 saturated carbocycles. The van der Waals surface area contributed by atoms with Crippen LogP contribution in [0.25, 0.3) is 17.1 Å². The van der Waals surface area contributed by atoms with Gasteiger partial charge >= 0.3 is 5.69 Å². The van der Waals surface area contributed by atoms with Gasteiger partial charge in [0.05, 0.1) is 21.1 Å². The number of hydrogen-bond donors (Lipinski definition) is 1. The number of aromatic nitrogens is 2. The molecule has 1 aromatic heterocycles. The van der Waals surface area contributed by atoms with E-state index in [4.69, 9.17) is 23.2 Å². The van der Waals surface area contributed by atoms with Crippen molar-refractivity contribution in [2.45, 2.75) is 32.7 Å². The number of likely N-dealkylation sites (tertiary alicyclic amines) is 1. The molecular formula is C23H23Cl2N3O2. The Morgan fingerprint density at radius 3 is 2.57 bits per heavy atom. The lowest BCUT2D eigenvalue weighted by molar-refractivity contribution is -0.128. The fraction of sp³-hybridized carbons (Fsp3) is 0.304. The Balaban J connectivity index is 1.50. The molecule has 1 aliphatic heterocycles. The predicted octanol–water partition coefficient (Wildman–Crippen LogP) is 5.21. The largest absolute Gasteiger partial charge is 0.339 e. The highest BCUT2D eigenvalue weighted by Gasteiger charge is 2.26. The lowest BCUT2D eigenvalue weighted by Crippen LogP contribution is -2.40. The van der Waals surface area contributed by atoms with Crippen molar-refractivity contribution in [1.29, 1.82) is 0 Å². The number of benzene rings is 2. The fourth-order valence-corrected chi connectivity index (χ4v) is 4.56.